The number of ether oxygens (including phenoxy) is 1. The molecule has 2 N–H and O–H groups in total. The molecule has 0 amide bonds. The van der Waals surface area contributed by atoms with Gasteiger partial charge in [0.25, 0.3) is 0 Å². The van der Waals surface area contributed by atoms with Crippen LogP contribution in [0.2, 0.25) is 0 Å². The zero-order valence-electron chi connectivity index (χ0n) is 22.5. The van der Waals surface area contributed by atoms with E-state index < -0.39 is 5.41 Å². The maximum absolute atomic E-state index is 14.1. The van der Waals surface area contributed by atoms with Crippen LogP contribution in [-0.2, 0) is 26.2 Å². The smallest absolute Gasteiger partial charge is 0.311 e. The molecule has 35 heavy (non-hydrogen) atoms. The van der Waals surface area contributed by atoms with Crippen molar-refractivity contribution in [2.45, 2.75) is 98.3 Å². The van der Waals surface area contributed by atoms with Crippen LogP contribution in [0.4, 0.5) is 0 Å². The molecule has 0 aliphatic heterocycles. The van der Waals surface area contributed by atoms with Crippen molar-refractivity contribution in [1.29, 1.82) is 0 Å². The highest BCUT2D eigenvalue weighted by Crippen LogP contribution is 2.75. The Hall–Kier alpha value is -2.04. The molecule has 5 nitrogen and oxygen atoms in total. The van der Waals surface area contributed by atoms with Gasteiger partial charge in [0, 0.05) is 17.8 Å². The zero-order chi connectivity index (χ0) is 25.8. The van der Waals surface area contributed by atoms with Gasteiger partial charge in [0.1, 0.15) is 5.78 Å². The molecular formula is C30H42O5. The Balaban J connectivity index is 1.63. The topological polar surface area (TPSA) is 83.8 Å². The molecule has 7 atom stereocenters. The largest absolute Gasteiger partial charge is 0.504 e. The van der Waals surface area contributed by atoms with Gasteiger partial charge >= 0.3 is 5.97 Å². The summed E-state index contributed by atoms with van der Waals surface area (Å²) in [5.74, 6) is 0.136. The van der Waals surface area contributed by atoms with Crippen LogP contribution in [0, 0.1) is 40.4 Å². The molecule has 0 heterocycles. The van der Waals surface area contributed by atoms with E-state index in [9.17, 15) is 19.8 Å². The van der Waals surface area contributed by atoms with Crippen LogP contribution in [-0.4, -0.2) is 29.1 Å². The molecule has 5 rings (SSSR count). The summed E-state index contributed by atoms with van der Waals surface area (Å²) in [5.41, 5.74) is 1.56. The number of carbonyl (C=O) groups is 2. The van der Waals surface area contributed by atoms with Crippen LogP contribution in [0.25, 0.3) is 0 Å². The summed E-state index contributed by atoms with van der Waals surface area (Å²) in [6, 6.07) is 1.73. The maximum Gasteiger partial charge on any atom is 0.311 e. The fourth-order valence-corrected chi connectivity index (χ4v) is 9.63. The number of carbonyl (C=O) groups excluding carboxylic acids is 2. The third kappa shape index (κ3) is 2.93. The number of hydrogen-bond acceptors (Lipinski definition) is 5. The molecule has 0 bridgehead atoms. The average Bonchev–Trinajstić information content (AvgIpc) is 2.81. The third-order valence-electron chi connectivity index (χ3n) is 12.1. The molecule has 1 aromatic rings. The van der Waals surface area contributed by atoms with E-state index in [1.165, 1.54) is 7.11 Å². The van der Waals surface area contributed by atoms with E-state index in [-0.39, 0.29) is 50.8 Å². The van der Waals surface area contributed by atoms with E-state index in [1.54, 1.807) is 13.0 Å². The van der Waals surface area contributed by atoms with Gasteiger partial charge in [-0.2, -0.15) is 0 Å². The molecule has 3 saturated carbocycles. The highest BCUT2D eigenvalue weighted by molar-refractivity contribution is 5.89. The SMILES string of the molecule is COC(=O)[C@]1(C)CC[C@]2(C)CC[C@]3(C)[C@H]4C(=O)Cc5c(cc(O)c(O)c5C)[C@]4(C)CC[C@@]3(C)[C@@H]2C1. The van der Waals surface area contributed by atoms with Crippen molar-refractivity contribution < 1.29 is 24.5 Å². The van der Waals surface area contributed by atoms with Crippen molar-refractivity contribution in [1.82, 2.24) is 0 Å². The van der Waals surface area contributed by atoms with Crippen LogP contribution < -0.4 is 0 Å². The Bertz CT molecular complexity index is 1120. The van der Waals surface area contributed by atoms with Crippen molar-refractivity contribution >= 4 is 11.8 Å². The van der Waals surface area contributed by atoms with Gasteiger partial charge in [-0.25, -0.2) is 0 Å². The predicted molar refractivity (Wildman–Crippen MR) is 134 cm³/mol. The standard InChI is InChI=1S/C30H42O5/c1-17-18-14-21(32)24-28(4,19(18)15-20(31)23(17)33)11-13-29(5)22-16-27(3,25(34)35-7)9-8-26(22,2)10-12-30(24,29)6/h15,22,24,31,33H,8-14,16H2,1-7H3/t22-,24+,26-,27-,28+,29+,30-/m1/s1. The normalized spacial score (nSPS) is 44.5. The lowest BCUT2D eigenvalue weighted by Gasteiger charge is -2.71. The summed E-state index contributed by atoms with van der Waals surface area (Å²) in [5, 5.41) is 20.9. The zero-order valence-corrected chi connectivity index (χ0v) is 22.5. The summed E-state index contributed by atoms with van der Waals surface area (Å²) in [6.07, 6.45) is 6.88. The van der Waals surface area contributed by atoms with Gasteiger partial charge in [-0.15, -0.1) is 0 Å². The van der Waals surface area contributed by atoms with Crippen LogP contribution in [0.15, 0.2) is 6.07 Å². The highest BCUT2D eigenvalue weighted by Gasteiger charge is 2.70. The maximum atomic E-state index is 14.1. The van der Waals surface area contributed by atoms with Crippen LogP contribution in [0.1, 0.15) is 96.3 Å². The molecule has 5 heteroatoms. The Morgan fingerprint density at radius 1 is 0.971 bits per heavy atom. The first-order valence-electron chi connectivity index (χ1n) is 13.3. The molecule has 0 unspecified atom stereocenters. The van der Waals surface area contributed by atoms with E-state index in [0.29, 0.717) is 17.9 Å². The fraction of sp³-hybridized carbons (Fsp3) is 0.733. The third-order valence-corrected chi connectivity index (χ3v) is 12.1. The van der Waals surface area contributed by atoms with E-state index in [1.807, 2.05) is 0 Å². The number of Topliss-reactive ketones (excluding diaryl/α,β-unsaturated/α-hetero) is 1. The lowest BCUT2D eigenvalue weighted by Crippen LogP contribution is -2.67. The summed E-state index contributed by atoms with van der Waals surface area (Å²) >= 11 is 0. The molecule has 0 aromatic heterocycles. The number of aromatic hydroxyl groups is 2. The molecule has 0 saturated heterocycles. The summed E-state index contributed by atoms with van der Waals surface area (Å²) in [6.45, 7) is 13.2. The van der Waals surface area contributed by atoms with Gasteiger partial charge in [-0.3, -0.25) is 9.59 Å². The molecular weight excluding hydrogens is 440 g/mol. The Labute approximate surface area is 209 Å². The number of ketones is 1. The molecule has 0 spiro atoms. The highest BCUT2D eigenvalue weighted by atomic mass is 16.5. The van der Waals surface area contributed by atoms with E-state index in [2.05, 4.69) is 34.6 Å². The van der Waals surface area contributed by atoms with Crippen molar-refractivity contribution in [2.24, 2.45) is 33.5 Å². The number of phenolic OH excluding ortho intramolecular Hbond substituents is 2. The van der Waals surface area contributed by atoms with Crippen molar-refractivity contribution in [3.05, 3.63) is 22.8 Å². The van der Waals surface area contributed by atoms with Gasteiger partial charge < -0.3 is 14.9 Å². The summed E-state index contributed by atoms with van der Waals surface area (Å²) in [7, 11) is 1.49. The number of benzene rings is 1. The van der Waals surface area contributed by atoms with Gasteiger partial charge in [-0.05, 0) is 104 Å². The van der Waals surface area contributed by atoms with E-state index in [0.717, 1.165) is 56.1 Å². The Morgan fingerprint density at radius 3 is 2.26 bits per heavy atom. The second kappa shape index (κ2) is 7.26. The van der Waals surface area contributed by atoms with Gasteiger partial charge in [0.05, 0.1) is 12.5 Å². The first-order chi connectivity index (χ1) is 16.2. The molecule has 1 aromatic carbocycles. The second-order valence-electron chi connectivity index (χ2n) is 13.7. The van der Waals surface area contributed by atoms with Crippen molar-refractivity contribution in [3.63, 3.8) is 0 Å². The number of hydrogen-bond donors (Lipinski definition) is 2. The quantitative estimate of drug-likeness (QED) is 0.379. The van der Waals surface area contributed by atoms with Gasteiger partial charge in [0.2, 0.25) is 0 Å². The minimum Gasteiger partial charge on any atom is -0.504 e. The number of esters is 1. The predicted octanol–water partition coefficient (Wildman–Crippen LogP) is 5.99. The first kappa shape index (κ1) is 24.6. The second-order valence-corrected chi connectivity index (χ2v) is 13.7. The molecule has 3 fully saturated rings. The molecule has 4 aliphatic rings. The average molecular weight is 483 g/mol. The summed E-state index contributed by atoms with van der Waals surface area (Å²) in [4.78, 5) is 26.9. The lowest BCUT2D eigenvalue weighted by atomic mass is 9.32. The molecule has 0 radical (unpaired) electrons. The molecule has 4 aliphatic carbocycles. The Morgan fingerprint density at radius 2 is 1.60 bits per heavy atom. The fourth-order valence-electron chi connectivity index (χ4n) is 9.63. The number of rotatable bonds is 1. The molecule has 192 valence electrons. The lowest BCUT2D eigenvalue weighted by molar-refractivity contribution is -0.213. The van der Waals surface area contributed by atoms with Crippen molar-refractivity contribution in [3.8, 4) is 11.5 Å². The van der Waals surface area contributed by atoms with Crippen LogP contribution in [0.3, 0.4) is 0 Å². The summed E-state index contributed by atoms with van der Waals surface area (Å²) < 4.78 is 5.25. The van der Waals surface area contributed by atoms with Crippen LogP contribution in [0.5, 0.6) is 11.5 Å². The minimum atomic E-state index is -0.482. The minimum absolute atomic E-state index is 0.0823. The monoisotopic (exact) mass is 482 g/mol. The first-order valence-corrected chi connectivity index (χ1v) is 13.3. The number of phenols is 2. The van der Waals surface area contributed by atoms with Gasteiger partial charge in [-0.1, -0.05) is 27.7 Å². The van der Waals surface area contributed by atoms with E-state index >= 15 is 0 Å². The number of fused-ring (bicyclic) bond motifs is 7. The van der Waals surface area contributed by atoms with E-state index in [4.69, 9.17) is 4.74 Å². The Kier molecular flexibility index (Phi) is 5.11. The number of methoxy groups -OCH3 is 1. The van der Waals surface area contributed by atoms with Gasteiger partial charge in [0.15, 0.2) is 11.5 Å². The van der Waals surface area contributed by atoms with Crippen LogP contribution >= 0.6 is 0 Å². The van der Waals surface area contributed by atoms with Crippen molar-refractivity contribution in [2.75, 3.05) is 7.11 Å².